The van der Waals surface area contributed by atoms with Crippen LogP contribution >= 0.6 is 0 Å². The minimum absolute atomic E-state index is 0.277. The summed E-state index contributed by atoms with van der Waals surface area (Å²) < 4.78 is 38.2. The van der Waals surface area contributed by atoms with Gasteiger partial charge in [0.15, 0.2) is 0 Å². The molecule has 0 radical (unpaired) electrons. The zero-order chi connectivity index (χ0) is 14.6. The normalized spacial score (nSPS) is 31.2. The first kappa shape index (κ1) is 16.1. The van der Waals surface area contributed by atoms with E-state index in [0.717, 1.165) is 19.4 Å². The largest absolute Gasteiger partial charge is 0.391 e. The van der Waals surface area contributed by atoms with Crippen molar-refractivity contribution >= 4 is 0 Å². The standard InChI is InChI=1S/C15H27F3N2/c1-2-19-13-6-4-3-5-7-14(13)20-10-8-12(9-11-20)15(16,17)18/h12-14,19H,2-11H2,1H3. The fraction of sp³-hybridized carbons (Fsp3) is 1.00. The predicted molar refractivity (Wildman–Crippen MR) is 74.7 cm³/mol. The van der Waals surface area contributed by atoms with E-state index in [4.69, 9.17) is 0 Å². The van der Waals surface area contributed by atoms with Gasteiger partial charge in [-0.05, 0) is 45.3 Å². The van der Waals surface area contributed by atoms with Gasteiger partial charge < -0.3 is 5.32 Å². The summed E-state index contributed by atoms with van der Waals surface area (Å²) in [6.45, 7) is 4.27. The van der Waals surface area contributed by atoms with Crippen LogP contribution in [0.3, 0.4) is 0 Å². The van der Waals surface area contributed by atoms with Gasteiger partial charge in [-0.25, -0.2) is 0 Å². The zero-order valence-corrected chi connectivity index (χ0v) is 12.4. The quantitative estimate of drug-likeness (QED) is 0.800. The number of alkyl halides is 3. The maximum absolute atomic E-state index is 12.7. The highest BCUT2D eigenvalue weighted by molar-refractivity contribution is 4.89. The van der Waals surface area contributed by atoms with E-state index in [0.29, 0.717) is 25.2 Å². The van der Waals surface area contributed by atoms with Crippen LogP contribution in [-0.4, -0.2) is 42.8 Å². The number of nitrogens with zero attached hydrogens (tertiary/aromatic N) is 1. The molecule has 2 atom stereocenters. The molecule has 5 heteroatoms. The summed E-state index contributed by atoms with van der Waals surface area (Å²) in [5.74, 6) is -1.08. The second-order valence-corrected chi connectivity index (χ2v) is 6.22. The first-order valence-electron chi connectivity index (χ1n) is 8.06. The molecule has 2 aliphatic rings. The Labute approximate surface area is 120 Å². The van der Waals surface area contributed by atoms with Crippen LogP contribution in [0.1, 0.15) is 51.9 Å². The molecule has 1 saturated carbocycles. The van der Waals surface area contributed by atoms with Gasteiger partial charge in [0.05, 0.1) is 5.92 Å². The molecule has 20 heavy (non-hydrogen) atoms. The third kappa shape index (κ3) is 4.10. The van der Waals surface area contributed by atoms with E-state index in [2.05, 4.69) is 17.1 Å². The van der Waals surface area contributed by atoms with Crippen LogP contribution in [0.5, 0.6) is 0 Å². The molecule has 2 unspecified atom stereocenters. The molecule has 0 aromatic carbocycles. The molecular formula is C15H27F3N2. The fourth-order valence-electron chi connectivity index (χ4n) is 3.78. The predicted octanol–water partition coefficient (Wildman–Crippen LogP) is 3.57. The van der Waals surface area contributed by atoms with Crippen molar-refractivity contribution in [2.75, 3.05) is 19.6 Å². The lowest BCUT2D eigenvalue weighted by atomic mass is 9.92. The van der Waals surface area contributed by atoms with E-state index in [1.54, 1.807) is 0 Å². The third-order valence-corrected chi connectivity index (χ3v) is 4.91. The molecule has 1 aliphatic heterocycles. The van der Waals surface area contributed by atoms with Crippen molar-refractivity contribution in [3.8, 4) is 0 Å². The van der Waals surface area contributed by atoms with Gasteiger partial charge in [-0.2, -0.15) is 13.2 Å². The zero-order valence-electron chi connectivity index (χ0n) is 12.4. The van der Waals surface area contributed by atoms with Crippen molar-refractivity contribution in [2.45, 2.75) is 70.1 Å². The number of halogens is 3. The molecule has 1 saturated heterocycles. The maximum atomic E-state index is 12.7. The second-order valence-electron chi connectivity index (χ2n) is 6.22. The van der Waals surface area contributed by atoms with Crippen LogP contribution in [0, 0.1) is 5.92 Å². The summed E-state index contributed by atoms with van der Waals surface area (Å²) in [7, 11) is 0. The Balaban J connectivity index is 1.92. The summed E-state index contributed by atoms with van der Waals surface area (Å²) in [6.07, 6.45) is 2.57. The third-order valence-electron chi connectivity index (χ3n) is 4.91. The van der Waals surface area contributed by atoms with E-state index >= 15 is 0 Å². The van der Waals surface area contributed by atoms with Crippen molar-refractivity contribution in [1.29, 1.82) is 0 Å². The van der Waals surface area contributed by atoms with E-state index < -0.39 is 12.1 Å². The van der Waals surface area contributed by atoms with Crippen LogP contribution in [0.4, 0.5) is 13.2 Å². The van der Waals surface area contributed by atoms with Gasteiger partial charge in [-0.15, -0.1) is 0 Å². The molecule has 0 aromatic heterocycles. The number of hydrogen-bond donors (Lipinski definition) is 1. The van der Waals surface area contributed by atoms with Crippen molar-refractivity contribution in [2.24, 2.45) is 5.92 Å². The second kappa shape index (κ2) is 7.12. The van der Waals surface area contributed by atoms with Crippen molar-refractivity contribution in [1.82, 2.24) is 10.2 Å². The molecule has 1 N–H and O–H groups in total. The van der Waals surface area contributed by atoms with Gasteiger partial charge in [0, 0.05) is 12.1 Å². The number of piperidine rings is 1. The molecule has 0 bridgehead atoms. The molecule has 2 rings (SSSR count). The Hall–Kier alpha value is -0.290. The molecule has 2 nitrogen and oxygen atoms in total. The summed E-state index contributed by atoms with van der Waals surface area (Å²) in [6, 6.07) is 0.900. The summed E-state index contributed by atoms with van der Waals surface area (Å²) in [5.41, 5.74) is 0. The Kier molecular flexibility index (Phi) is 5.73. The molecular weight excluding hydrogens is 265 g/mol. The molecule has 118 valence electrons. The summed E-state index contributed by atoms with van der Waals surface area (Å²) in [5, 5.41) is 3.55. The molecule has 1 heterocycles. The average molecular weight is 292 g/mol. The van der Waals surface area contributed by atoms with Gasteiger partial charge in [0.2, 0.25) is 0 Å². The van der Waals surface area contributed by atoms with Gasteiger partial charge in [-0.1, -0.05) is 26.2 Å². The molecule has 1 aliphatic carbocycles. The lowest BCUT2D eigenvalue weighted by molar-refractivity contribution is -0.186. The van der Waals surface area contributed by atoms with Gasteiger partial charge in [0.1, 0.15) is 0 Å². The van der Waals surface area contributed by atoms with Crippen LogP contribution < -0.4 is 5.32 Å². The van der Waals surface area contributed by atoms with Crippen LogP contribution in [-0.2, 0) is 0 Å². The number of rotatable bonds is 3. The Bertz CT molecular complexity index is 285. The number of nitrogens with one attached hydrogen (secondary N) is 1. The maximum Gasteiger partial charge on any atom is 0.391 e. The lowest BCUT2D eigenvalue weighted by Gasteiger charge is -2.41. The first-order valence-corrected chi connectivity index (χ1v) is 8.06. The minimum atomic E-state index is -4.00. The lowest BCUT2D eigenvalue weighted by Crippen LogP contribution is -2.52. The van der Waals surface area contributed by atoms with E-state index in [1.807, 2.05) is 0 Å². The van der Waals surface area contributed by atoms with Crippen molar-refractivity contribution < 1.29 is 13.2 Å². The number of likely N-dealkylation sites (tertiary alicyclic amines) is 1. The van der Waals surface area contributed by atoms with Gasteiger partial charge in [-0.3, -0.25) is 4.90 Å². The summed E-state index contributed by atoms with van der Waals surface area (Å²) >= 11 is 0. The Morgan fingerprint density at radius 3 is 2.25 bits per heavy atom. The van der Waals surface area contributed by atoms with Crippen molar-refractivity contribution in [3.05, 3.63) is 0 Å². The van der Waals surface area contributed by atoms with Gasteiger partial charge in [0.25, 0.3) is 0 Å². The highest BCUT2D eigenvalue weighted by Gasteiger charge is 2.42. The minimum Gasteiger partial charge on any atom is -0.313 e. The fourth-order valence-corrected chi connectivity index (χ4v) is 3.78. The Morgan fingerprint density at radius 1 is 1.00 bits per heavy atom. The Morgan fingerprint density at radius 2 is 1.65 bits per heavy atom. The molecule has 0 aromatic rings. The monoisotopic (exact) mass is 292 g/mol. The van der Waals surface area contributed by atoms with E-state index in [1.165, 1.54) is 19.3 Å². The topological polar surface area (TPSA) is 15.3 Å². The van der Waals surface area contributed by atoms with E-state index in [-0.39, 0.29) is 12.8 Å². The number of likely N-dealkylation sites (N-methyl/N-ethyl adjacent to an activating group) is 1. The smallest absolute Gasteiger partial charge is 0.313 e. The van der Waals surface area contributed by atoms with Crippen LogP contribution in [0.15, 0.2) is 0 Å². The van der Waals surface area contributed by atoms with Crippen LogP contribution in [0.2, 0.25) is 0 Å². The highest BCUT2D eigenvalue weighted by Crippen LogP contribution is 2.35. The molecule has 0 amide bonds. The summed E-state index contributed by atoms with van der Waals surface area (Å²) in [4.78, 5) is 2.32. The SMILES string of the molecule is CCNC1CCCCCC1N1CCC(C(F)(F)F)CC1. The van der Waals surface area contributed by atoms with E-state index in [9.17, 15) is 13.2 Å². The van der Waals surface area contributed by atoms with Crippen molar-refractivity contribution in [3.63, 3.8) is 0 Å². The molecule has 0 spiro atoms. The highest BCUT2D eigenvalue weighted by atomic mass is 19.4. The van der Waals surface area contributed by atoms with Crippen LogP contribution in [0.25, 0.3) is 0 Å². The average Bonchev–Trinajstić information content (AvgIpc) is 2.64. The first-order chi connectivity index (χ1) is 9.52. The number of hydrogen-bond acceptors (Lipinski definition) is 2. The molecule has 2 fully saturated rings. The van der Waals surface area contributed by atoms with Gasteiger partial charge >= 0.3 is 6.18 Å².